The summed E-state index contributed by atoms with van der Waals surface area (Å²) in [5, 5.41) is 9.83. The number of nitrogen functional groups attached to an aromatic ring is 4. The molecule has 34 nitrogen and oxygen atoms in total. The maximum absolute atomic E-state index is 12.8. The van der Waals surface area contributed by atoms with Crippen molar-refractivity contribution in [2.24, 2.45) is 0 Å². The van der Waals surface area contributed by atoms with Gasteiger partial charge in [0.1, 0.15) is 28.3 Å². The number of imidazole rings is 4. The number of anilines is 4. The Hall–Kier alpha value is -16.6. The molecule has 6 aromatic carbocycles. The van der Waals surface area contributed by atoms with Crippen LogP contribution in [0.2, 0.25) is 0 Å². The summed E-state index contributed by atoms with van der Waals surface area (Å²) in [4.78, 5) is 104. The number of amides is 4. The van der Waals surface area contributed by atoms with Crippen LogP contribution in [-0.2, 0) is 96.0 Å². The maximum atomic E-state index is 12.8. The summed E-state index contributed by atoms with van der Waals surface area (Å²) in [5.41, 5.74) is 32.4. The highest BCUT2D eigenvalue weighted by atomic mass is 19.4. The van der Waals surface area contributed by atoms with Gasteiger partial charge in [0.25, 0.3) is 0 Å². The molecule has 4 amide bonds. The van der Waals surface area contributed by atoms with Gasteiger partial charge in [-0.05, 0) is 166 Å². The monoisotopic (exact) mass is 1960 g/mol. The first-order valence-corrected chi connectivity index (χ1v) is 43.8. The number of pyridine rings is 1. The number of nitrogens with one attached hydrogen (secondary N) is 4. The smallest absolute Gasteiger partial charge is 0.416 e. The molecule has 16 rings (SSSR count). The zero-order chi connectivity index (χ0) is 100. The summed E-state index contributed by atoms with van der Waals surface area (Å²) >= 11 is 0. The van der Waals surface area contributed by atoms with Crippen molar-refractivity contribution in [3.63, 3.8) is 0 Å². The Kier molecular flexibility index (Phi) is 33.9. The van der Waals surface area contributed by atoms with Crippen molar-refractivity contribution in [2.45, 2.75) is 142 Å². The lowest BCUT2D eigenvalue weighted by atomic mass is 10.1. The molecule has 0 unspecified atom stereocenters. The Labute approximate surface area is 795 Å². The summed E-state index contributed by atoms with van der Waals surface area (Å²) in [7, 11) is 0. The van der Waals surface area contributed by atoms with Crippen molar-refractivity contribution >= 4 is 92.3 Å². The van der Waals surface area contributed by atoms with Crippen molar-refractivity contribution in [3.05, 3.63) is 270 Å². The number of halogens is 12. The van der Waals surface area contributed by atoms with Crippen molar-refractivity contribution in [1.29, 1.82) is 0 Å². The molecule has 10 heterocycles. The summed E-state index contributed by atoms with van der Waals surface area (Å²) in [6.45, 7) is 6.63. The first-order chi connectivity index (χ1) is 67.5. The van der Waals surface area contributed by atoms with Crippen LogP contribution in [0, 0.1) is 13.8 Å². The molecule has 736 valence electrons. The number of nitrogens with two attached hydrogens (primary N) is 4. The summed E-state index contributed by atoms with van der Waals surface area (Å²) in [6, 6.07) is 40.0. The minimum absolute atomic E-state index is 0.0613. The third kappa shape index (κ3) is 28.8. The second-order valence-electron chi connectivity index (χ2n) is 31.7. The third-order valence-corrected chi connectivity index (χ3v) is 21.2. The standard InChI is InChI=1S/2C25H25F3N6O2.C23H22F3N7O2.C22H21F3N6O3/c1-16-6-4-8-18(12-16)22-32-21(29)20-23(33-22)34(15-31-20)10-2-3-11-36-24(35)30-14-17-7-5-9-19(13-17)25(26,27)28;1-16-7-2-3-10-19(16)22-32-21(29)20-23(33-22)34(15-31-20)11-4-5-12-36-24(35)30-14-17-8-6-9-18(13-17)25(26,27)28;24-23(25,26)17-5-3-4-15(12-17)13-29-22(34)35-11-2-1-10-33-14-30-18-19(27)31-20(32-21(18)33)16-6-8-28-9-7-16;23-22(24,25)16-5-3-4-14(10-16)11-27-21(32)34-8-2-1-7-31-13-28-17-18(26)29-19(30-20(17)31)15-6-9-33-12-15/h4-9,12-13,15H,2-3,10-11,14H2,1H3,(H,30,35)(H2,29,32,33);2-3,6-10,13,15H,4-5,11-12,14H2,1H3,(H,30,35)(H2,29,32,33);3-9,12,14H,1-2,10-11,13H2,(H,29,34)(H2,27,31,32);3-6,9-10,12-13H,1-2,7-8,11H2,(H,27,32)(H2,26,29,30). The molecule has 10 aromatic heterocycles. The predicted octanol–water partition coefficient (Wildman–Crippen LogP) is 18.8. The van der Waals surface area contributed by atoms with Crippen LogP contribution in [0.3, 0.4) is 0 Å². The van der Waals surface area contributed by atoms with Gasteiger partial charge in [-0.2, -0.15) is 52.7 Å². The number of alkyl halides is 12. The van der Waals surface area contributed by atoms with E-state index in [2.05, 4.69) is 86.1 Å². The van der Waals surface area contributed by atoms with E-state index in [4.69, 9.17) is 46.3 Å². The predicted molar refractivity (Wildman–Crippen MR) is 496 cm³/mol. The topological polar surface area (TPSA) is 458 Å². The molecule has 0 spiro atoms. The van der Waals surface area contributed by atoms with Gasteiger partial charge in [-0.15, -0.1) is 0 Å². The van der Waals surface area contributed by atoms with Gasteiger partial charge >= 0.3 is 49.1 Å². The molecule has 0 radical (unpaired) electrons. The zero-order valence-corrected chi connectivity index (χ0v) is 75.5. The highest BCUT2D eigenvalue weighted by molar-refractivity contribution is 5.87. The quantitative estimate of drug-likeness (QED) is 0.0110. The van der Waals surface area contributed by atoms with Crippen LogP contribution in [0.15, 0.2) is 218 Å². The van der Waals surface area contributed by atoms with Crippen molar-refractivity contribution in [3.8, 4) is 45.6 Å². The number of nitrogens with zero attached hydrogens (tertiary/aromatic N) is 17. The van der Waals surface area contributed by atoms with Gasteiger partial charge in [-0.3, -0.25) is 4.98 Å². The molecule has 0 bridgehead atoms. The Morgan fingerprint density at radius 2 is 0.652 bits per heavy atom. The molecule has 0 fully saturated rings. The van der Waals surface area contributed by atoms with Gasteiger partial charge < -0.3 is 85.8 Å². The van der Waals surface area contributed by atoms with E-state index in [9.17, 15) is 71.9 Å². The molecule has 46 heteroatoms. The Morgan fingerprint density at radius 3 is 0.972 bits per heavy atom. The molecular formula is C95H93F12N25O9. The lowest BCUT2D eigenvalue weighted by molar-refractivity contribution is -0.138. The second kappa shape index (κ2) is 47.0. The molecule has 0 aliphatic rings. The van der Waals surface area contributed by atoms with E-state index >= 15 is 0 Å². The normalized spacial score (nSPS) is 11.6. The number of benzene rings is 6. The van der Waals surface area contributed by atoms with E-state index in [-0.39, 0.29) is 64.2 Å². The number of aromatic nitrogens is 17. The van der Waals surface area contributed by atoms with Gasteiger partial charge in [-0.1, -0.05) is 96.6 Å². The largest absolute Gasteiger partial charge is 0.472 e. The fraction of sp³-hybridized carbons (Fsp3) is 0.274. The van der Waals surface area contributed by atoms with Crippen LogP contribution in [0.25, 0.3) is 90.2 Å². The summed E-state index contributed by atoms with van der Waals surface area (Å²) < 4.78 is 186. The molecule has 0 saturated heterocycles. The number of hydrogen-bond acceptors (Lipinski definition) is 26. The van der Waals surface area contributed by atoms with Crippen LogP contribution >= 0.6 is 0 Å². The molecule has 141 heavy (non-hydrogen) atoms. The minimum atomic E-state index is -4.44. The van der Waals surface area contributed by atoms with E-state index in [1.165, 1.54) is 61.1 Å². The van der Waals surface area contributed by atoms with Gasteiger partial charge in [-0.25, -0.2) is 79.0 Å². The molecular weight excluding hydrogens is 1860 g/mol. The van der Waals surface area contributed by atoms with Crippen LogP contribution in [0.5, 0.6) is 0 Å². The second-order valence-corrected chi connectivity index (χ2v) is 31.7. The number of carbonyl (C=O) groups is 4. The van der Waals surface area contributed by atoms with Gasteiger partial charge in [0, 0.05) is 81.4 Å². The fourth-order valence-electron chi connectivity index (χ4n) is 14.1. The van der Waals surface area contributed by atoms with E-state index in [0.29, 0.717) is 185 Å². The summed E-state index contributed by atoms with van der Waals surface area (Å²) in [5.74, 6) is 3.10. The average molecular weight is 1960 g/mol. The number of unbranched alkanes of at least 4 members (excludes halogenated alkanes) is 4. The number of carbonyl (C=O) groups excluding carboxylic acids is 4. The fourth-order valence-corrected chi connectivity index (χ4v) is 14.1. The third-order valence-electron chi connectivity index (χ3n) is 21.2. The molecule has 12 N–H and O–H groups in total. The summed E-state index contributed by atoms with van der Waals surface area (Å²) in [6.07, 6.45) is -2.67. The number of ether oxygens (including phenoxy) is 4. The SMILES string of the molecule is Cc1cccc(-c2nc(N)c3ncn(CCCCOC(=O)NCc4cccc(C(F)(F)F)c4)c3n2)c1.Cc1ccccc1-c1nc(N)c2ncn(CCCCOC(=O)NCc3cccc(C(F)(F)F)c3)c2n1.Nc1nc(-c2ccncc2)nc2c1ncn2CCCCOC(=O)NCc1cccc(C(F)(F)F)c1.Nc1nc(-c2ccoc2)nc2c1ncn2CCCCOC(=O)NCc1cccc(C(F)(F)F)c1. The van der Waals surface area contributed by atoms with E-state index < -0.39 is 71.3 Å². The van der Waals surface area contributed by atoms with E-state index in [0.717, 1.165) is 76.3 Å². The molecule has 0 aliphatic heterocycles. The lowest BCUT2D eigenvalue weighted by Gasteiger charge is -2.10. The Balaban J connectivity index is 0.000000158. The number of alkyl carbamates (subject to hydrolysis) is 4. The highest BCUT2D eigenvalue weighted by Gasteiger charge is 2.34. The number of rotatable bonds is 32. The van der Waals surface area contributed by atoms with Crippen LogP contribution in [0.4, 0.5) is 95.1 Å². The lowest BCUT2D eigenvalue weighted by Crippen LogP contribution is -2.24. The van der Waals surface area contributed by atoms with Crippen LogP contribution in [-0.4, -0.2) is 134 Å². The molecule has 16 aromatic rings. The van der Waals surface area contributed by atoms with Gasteiger partial charge in [0.15, 0.2) is 69.2 Å². The minimum Gasteiger partial charge on any atom is -0.472 e. The first-order valence-electron chi connectivity index (χ1n) is 43.8. The van der Waals surface area contributed by atoms with Crippen molar-refractivity contribution in [1.82, 2.24) is 104 Å². The maximum Gasteiger partial charge on any atom is 0.416 e. The van der Waals surface area contributed by atoms with Crippen LogP contribution in [0.1, 0.15) is 107 Å². The van der Waals surface area contributed by atoms with Crippen molar-refractivity contribution in [2.75, 3.05) is 49.4 Å². The first kappa shape index (κ1) is 102. The molecule has 0 atom stereocenters. The zero-order valence-electron chi connectivity index (χ0n) is 75.5. The van der Waals surface area contributed by atoms with Crippen molar-refractivity contribution < 1.29 is 95.2 Å². The molecule has 0 aliphatic carbocycles. The molecule has 0 saturated carbocycles. The van der Waals surface area contributed by atoms with Crippen LogP contribution < -0.4 is 44.2 Å². The van der Waals surface area contributed by atoms with Gasteiger partial charge in [0.05, 0.1) is 85.8 Å². The van der Waals surface area contributed by atoms with Gasteiger partial charge in [0.2, 0.25) is 0 Å². The number of fused-ring (bicyclic) bond motifs is 4. The Bertz CT molecular complexity index is 6960. The number of aryl methyl sites for hydroxylation is 6. The number of furan rings is 1. The average Bonchev–Trinajstić information content (AvgIpc) is 1.66. The Morgan fingerprint density at radius 1 is 0.340 bits per heavy atom. The highest BCUT2D eigenvalue weighted by Crippen LogP contribution is 2.36. The number of hydrogen-bond donors (Lipinski definition) is 8. The van der Waals surface area contributed by atoms with E-state index in [1.807, 2.05) is 80.6 Å². The van der Waals surface area contributed by atoms with E-state index in [1.54, 1.807) is 55.9 Å².